The summed E-state index contributed by atoms with van der Waals surface area (Å²) in [5.41, 5.74) is 0.947. The zero-order valence-corrected chi connectivity index (χ0v) is 16.9. The topological polar surface area (TPSA) is 63.6 Å². The highest BCUT2D eigenvalue weighted by Crippen LogP contribution is 2.45. The predicted octanol–water partition coefficient (Wildman–Crippen LogP) is 4.93. The molecule has 0 unspecified atom stereocenters. The highest BCUT2D eigenvalue weighted by Gasteiger charge is 2.30. The summed E-state index contributed by atoms with van der Waals surface area (Å²) in [7, 11) is -3.36. The van der Waals surface area contributed by atoms with E-state index in [0.717, 1.165) is 0 Å². The molecule has 4 rings (SSSR count). The minimum Gasteiger partial charge on any atom is -0.508 e. The van der Waals surface area contributed by atoms with Gasteiger partial charge >= 0.3 is 7.37 Å². The summed E-state index contributed by atoms with van der Waals surface area (Å²) in [6, 6.07) is 30.9. The fraction of sp³-hybridized carbons (Fsp3) is 0. The Morgan fingerprint density at radius 1 is 0.633 bits per heavy atom. The van der Waals surface area contributed by atoms with Crippen LogP contribution in [0.5, 0.6) is 11.5 Å². The van der Waals surface area contributed by atoms with Crippen molar-refractivity contribution in [3.8, 4) is 11.5 Å². The fourth-order valence-corrected chi connectivity index (χ4v) is 5.15. The molecule has 5 heteroatoms. The molecule has 0 bridgehead atoms. The summed E-state index contributed by atoms with van der Waals surface area (Å²) >= 11 is 0. The molecule has 4 nitrogen and oxygen atoms in total. The summed E-state index contributed by atoms with van der Waals surface area (Å²) in [4.78, 5) is 12.6. The number of ketones is 1. The number of hydrogen-bond acceptors (Lipinski definition) is 4. The third-order valence-electron chi connectivity index (χ3n) is 4.67. The van der Waals surface area contributed by atoms with E-state index in [0.29, 0.717) is 27.5 Å². The molecule has 0 fully saturated rings. The number of hydrogen-bond donors (Lipinski definition) is 1. The van der Waals surface area contributed by atoms with Gasteiger partial charge in [0, 0.05) is 11.1 Å². The van der Waals surface area contributed by atoms with Crippen molar-refractivity contribution >= 4 is 23.8 Å². The van der Waals surface area contributed by atoms with Gasteiger partial charge in [0.15, 0.2) is 5.78 Å². The van der Waals surface area contributed by atoms with Gasteiger partial charge < -0.3 is 9.63 Å². The Balaban J connectivity index is 1.64. The average Bonchev–Trinajstić information content (AvgIpc) is 2.81. The Kier molecular flexibility index (Phi) is 5.51. The molecule has 0 aliphatic heterocycles. The first-order valence-electron chi connectivity index (χ1n) is 9.41. The lowest BCUT2D eigenvalue weighted by molar-refractivity contribution is 0.103. The summed E-state index contributed by atoms with van der Waals surface area (Å²) < 4.78 is 20.0. The van der Waals surface area contributed by atoms with E-state index in [2.05, 4.69) is 0 Å². The number of phenolic OH excluding ortho intramolecular Hbond substituents is 1. The predicted molar refractivity (Wildman–Crippen MR) is 118 cm³/mol. The van der Waals surface area contributed by atoms with Crippen LogP contribution in [-0.2, 0) is 4.57 Å². The number of phenols is 1. The summed E-state index contributed by atoms with van der Waals surface area (Å²) in [5, 5.41) is 10.6. The first-order valence-corrected chi connectivity index (χ1v) is 11.0. The maximum Gasteiger partial charge on any atom is 0.306 e. The molecule has 1 N–H and O–H groups in total. The maximum atomic E-state index is 13.9. The molecule has 4 aromatic rings. The Hall–Kier alpha value is -3.62. The van der Waals surface area contributed by atoms with E-state index < -0.39 is 7.37 Å². The van der Waals surface area contributed by atoms with Gasteiger partial charge in [0.1, 0.15) is 11.5 Å². The first kappa shape index (κ1) is 19.7. The Labute approximate surface area is 174 Å². The smallest absolute Gasteiger partial charge is 0.306 e. The molecule has 0 atom stereocenters. The number of carbonyl (C=O) groups excluding carboxylic acids is 1. The van der Waals surface area contributed by atoms with Gasteiger partial charge in [-0.1, -0.05) is 36.4 Å². The van der Waals surface area contributed by atoms with Gasteiger partial charge in [-0.3, -0.25) is 9.36 Å². The van der Waals surface area contributed by atoms with Crippen LogP contribution in [0.3, 0.4) is 0 Å². The van der Waals surface area contributed by atoms with E-state index in [4.69, 9.17) is 4.52 Å². The van der Waals surface area contributed by atoms with E-state index in [1.54, 1.807) is 60.7 Å². The van der Waals surface area contributed by atoms with E-state index >= 15 is 0 Å². The van der Waals surface area contributed by atoms with Crippen LogP contribution in [0.15, 0.2) is 109 Å². The van der Waals surface area contributed by atoms with Crippen LogP contribution in [0.4, 0.5) is 0 Å². The number of rotatable bonds is 6. The molecule has 30 heavy (non-hydrogen) atoms. The molecule has 0 heterocycles. The molecule has 0 radical (unpaired) electrons. The minimum atomic E-state index is -3.36. The van der Waals surface area contributed by atoms with Crippen LogP contribution < -0.4 is 15.1 Å². The maximum absolute atomic E-state index is 13.9. The monoisotopic (exact) mass is 414 g/mol. The molecule has 0 aromatic heterocycles. The van der Waals surface area contributed by atoms with Crippen molar-refractivity contribution in [2.24, 2.45) is 0 Å². The van der Waals surface area contributed by atoms with Crippen molar-refractivity contribution in [2.75, 3.05) is 0 Å². The second-order valence-corrected chi connectivity index (χ2v) is 9.03. The van der Waals surface area contributed by atoms with Crippen molar-refractivity contribution in [3.63, 3.8) is 0 Å². The number of carbonyl (C=O) groups is 1. The minimum absolute atomic E-state index is 0.105. The van der Waals surface area contributed by atoms with E-state index in [9.17, 15) is 14.5 Å². The van der Waals surface area contributed by atoms with Gasteiger partial charge in [0.2, 0.25) is 0 Å². The molecular formula is C25H19O4P. The lowest BCUT2D eigenvalue weighted by Gasteiger charge is -2.20. The molecule has 148 valence electrons. The largest absolute Gasteiger partial charge is 0.508 e. The normalized spacial score (nSPS) is 11.1. The van der Waals surface area contributed by atoms with Crippen molar-refractivity contribution in [1.29, 1.82) is 0 Å². The van der Waals surface area contributed by atoms with Crippen molar-refractivity contribution in [3.05, 3.63) is 120 Å². The number of aromatic hydroxyl groups is 1. The molecule has 0 aliphatic rings. The standard InChI is InChI=1S/C25H19O4P/c26-21-15-11-19(12-16-21)25(27)20-13-17-22(18-14-20)29-30(28,23-7-3-1-4-8-23)24-9-5-2-6-10-24/h1-18,26H. The molecule has 0 aliphatic carbocycles. The quantitative estimate of drug-likeness (QED) is 0.359. The van der Waals surface area contributed by atoms with Gasteiger partial charge in [0.05, 0.1) is 10.6 Å². The average molecular weight is 414 g/mol. The van der Waals surface area contributed by atoms with Crippen molar-refractivity contribution in [2.45, 2.75) is 0 Å². The Morgan fingerprint density at radius 3 is 1.53 bits per heavy atom. The lowest BCUT2D eigenvalue weighted by Crippen LogP contribution is -2.20. The molecule has 4 aromatic carbocycles. The third-order valence-corrected chi connectivity index (χ3v) is 7.10. The third kappa shape index (κ3) is 4.05. The van der Waals surface area contributed by atoms with E-state index in [1.165, 1.54) is 12.1 Å². The van der Waals surface area contributed by atoms with Crippen LogP contribution in [0.1, 0.15) is 15.9 Å². The first-order chi connectivity index (χ1) is 14.6. The van der Waals surface area contributed by atoms with Crippen LogP contribution in [0.2, 0.25) is 0 Å². The van der Waals surface area contributed by atoms with Crippen LogP contribution in [0.25, 0.3) is 0 Å². The van der Waals surface area contributed by atoms with Crippen LogP contribution >= 0.6 is 7.37 Å². The van der Waals surface area contributed by atoms with Crippen molar-refractivity contribution < 1.29 is 19.0 Å². The fourth-order valence-electron chi connectivity index (χ4n) is 3.10. The Bertz CT molecular complexity index is 1140. The molecule has 0 amide bonds. The van der Waals surface area contributed by atoms with E-state index in [-0.39, 0.29) is 11.5 Å². The zero-order chi connectivity index (χ0) is 21.0. The SMILES string of the molecule is O=C(c1ccc(O)cc1)c1ccc(OP(=O)(c2ccccc2)c2ccccc2)cc1. The highest BCUT2D eigenvalue weighted by atomic mass is 31.2. The molecule has 0 spiro atoms. The zero-order valence-electron chi connectivity index (χ0n) is 16.0. The Morgan fingerprint density at radius 2 is 1.07 bits per heavy atom. The van der Waals surface area contributed by atoms with Gasteiger partial charge in [-0.05, 0) is 72.8 Å². The van der Waals surface area contributed by atoms with Gasteiger partial charge in [-0.15, -0.1) is 0 Å². The number of benzene rings is 4. The molecule has 0 saturated heterocycles. The van der Waals surface area contributed by atoms with E-state index in [1.807, 2.05) is 36.4 Å². The van der Waals surface area contributed by atoms with Gasteiger partial charge in [0.25, 0.3) is 0 Å². The second-order valence-electron chi connectivity index (χ2n) is 6.71. The van der Waals surface area contributed by atoms with Crippen LogP contribution in [-0.4, -0.2) is 10.9 Å². The molecule has 0 saturated carbocycles. The summed E-state index contributed by atoms with van der Waals surface area (Å²) in [6.07, 6.45) is 0. The van der Waals surface area contributed by atoms with Crippen LogP contribution in [0, 0.1) is 0 Å². The van der Waals surface area contributed by atoms with Crippen molar-refractivity contribution in [1.82, 2.24) is 0 Å². The van der Waals surface area contributed by atoms with Gasteiger partial charge in [-0.25, -0.2) is 0 Å². The highest BCUT2D eigenvalue weighted by molar-refractivity contribution is 7.74. The second kappa shape index (κ2) is 8.40. The lowest BCUT2D eigenvalue weighted by atomic mass is 10.0. The summed E-state index contributed by atoms with van der Waals surface area (Å²) in [5.74, 6) is 0.344. The van der Waals surface area contributed by atoms with Gasteiger partial charge in [-0.2, -0.15) is 0 Å². The summed E-state index contributed by atoms with van der Waals surface area (Å²) in [6.45, 7) is 0. The molecular weight excluding hydrogens is 395 g/mol.